The third kappa shape index (κ3) is 4.39. The van der Waals surface area contributed by atoms with Crippen molar-refractivity contribution in [1.29, 1.82) is 0 Å². The number of azo groups is 1. The Kier molecular flexibility index (Phi) is 5.56. The number of anilines is 1. The van der Waals surface area contributed by atoms with Crippen molar-refractivity contribution in [2.45, 2.75) is 0 Å². The summed E-state index contributed by atoms with van der Waals surface area (Å²) in [5, 5.41) is 12.7. The highest BCUT2D eigenvalue weighted by Crippen LogP contribution is 2.21. The Morgan fingerprint density at radius 1 is 0.933 bits per heavy atom. The minimum atomic E-state index is -0.401. The molecular formula is C22H17N5O3. The minimum Gasteiger partial charge on any atom is -0.465 e. The number of rotatable bonds is 5. The summed E-state index contributed by atoms with van der Waals surface area (Å²) in [5.41, 5.74) is 6.14. The zero-order valence-corrected chi connectivity index (χ0v) is 16.0. The maximum Gasteiger partial charge on any atom is 0.342 e. The predicted molar refractivity (Wildman–Crippen MR) is 113 cm³/mol. The molecule has 0 fully saturated rings. The number of nitrogens with zero attached hydrogens (tertiary/aromatic N) is 4. The molecular weight excluding hydrogens is 382 g/mol. The molecule has 0 bridgehead atoms. The number of para-hydroxylation sites is 2. The maximum atomic E-state index is 11.5. The lowest BCUT2D eigenvalue weighted by atomic mass is 10.2. The number of carbonyl (C=O) groups is 1. The maximum absolute atomic E-state index is 11.5. The molecule has 3 aromatic carbocycles. The summed E-state index contributed by atoms with van der Waals surface area (Å²) in [6.45, 7) is 0. The lowest BCUT2D eigenvalue weighted by Crippen LogP contribution is -2.02. The van der Waals surface area contributed by atoms with E-state index in [1.54, 1.807) is 24.3 Å². The van der Waals surface area contributed by atoms with Crippen LogP contribution in [0.1, 0.15) is 15.9 Å². The van der Waals surface area contributed by atoms with Gasteiger partial charge in [0.25, 0.3) is 0 Å². The third-order valence-electron chi connectivity index (χ3n) is 4.14. The first-order chi connectivity index (χ1) is 14.7. The minimum absolute atomic E-state index is 0.141. The quantitative estimate of drug-likeness (QED) is 0.164. The molecule has 8 heteroatoms. The highest BCUT2D eigenvalue weighted by atomic mass is 16.5. The fourth-order valence-corrected chi connectivity index (χ4v) is 2.64. The molecule has 0 aliphatic carbocycles. The van der Waals surface area contributed by atoms with Crippen LogP contribution in [0.4, 0.5) is 11.7 Å². The average molecular weight is 399 g/mol. The Labute approximate surface area is 171 Å². The number of benzene rings is 3. The zero-order valence-electron chi connectivity index (χ0n) is 16.0. The van der Waals surface area contributed by atoms with Gasteiger partial charge in [0.1, 0.15) is 5.52 Å². The van der Waals surface area contributed by atoms with Gasteiger partial charge in [-0.1, -0.05) is 47.6 Å². The van der Waals surface area contributed by atoms with Gasteiger partial charge in [-0.15, -0.1) is 5.11 Å². The van der Waals surface area contributed by atoms with Crippen LogP contribution in [0, 0.1) is 0 Å². The highest BCUT2D eigenvalue weighted by molar-refractivity contribution is 5.99. The lowest BCUT2D eigenvalue weighted by Gasteiger charge is -2.04. The van der Waals surface area contributed by atoms with Gasteiger partial charge in [0, 0.05) is 5.56 Å². The molecule has 0 aliphatic rings. The molecule has 30 heavy (non-hydrogen) atoms. The van der Waals surface area contributed by atoms with Crippen LogP contribution in [0.3, 0.4) is 0 Å². The van der Waals surface area contributed by atoms with Crippen molar-refractivity contribution in [3.63, 3.8) is 0 Å². The lowest BCUT2D eigenvalue weighted by molar-refractivity contribution is 0.0601. The van der Waals surface area contributed by atoms with Gasteiger partial charge in [-0.05, 0) is 36.4 Å². The van der Waals surface area contributed by atoms with Crippen molar-refractivity contribution >= 4 is 34.6 Å². The molecule has 0 saturated carbocycles. The largest absolute Gasteiger partial charge is 0.465 e. The van der Waals surface area contributed by atoms with E-state index in [0.29, 0.717) is 28.2 Å². The van der Waals surface area contributed by atoms with Gasteiger partial charge >= 0.3 is 12.0 Å². The molecule has 0 amide bonds. The van der Waals surface area contributed by atoms with E-state index < -0.39 is 5.97 Å². The first-order valence-corrected chi connectivity index (χ1v) is 9.08. The second kappa shape index (κ2) is 8.78. The fraction of sp³-hybridized carbons (Fsp3) is 0.0455. The topological polar surface area (TPSA) is 101 Å². The number of aromatic nitrogens is 1. The van der Waals surface area contributed by atoms with E-state index in [0.717, 1.165) is 5.56 Å². The van der Waals surface area contributed by atoms with Gasteiger partial charge in [0.05, 0.1) is 18.4 Å². The van der Waals surface area contributed by atoms with Gasteiger partial charge in [0.2, 0.25) is 5.84 Å². The van der Waals surface area contributed by atoms with E-state index in [2.05, 4.69) is 25.7 Å². The van der Waals surface area contributed by atoms with E-state index in [-0.39, 0.29) is 6.01 Å². The number of ether oxygens (including phenoxy) is 1. The van der Waals surface area contributed by atoms with E-state index in [1.807, 2.05) is 54.6 Å². The number of amidine groups is 1. The molecule has 148 valence electrons. The third-order valence-corrected chi connectivity index (χ3v) is 4.14. The molecule has 1 heterocycles. The Morgan fingerprint density at radius 2 is 1.67 bits per heavy atom. The Hall–Kier alpha value is -4.33. The Balaban J connectivity index is 1.59. The Morgan fingerprint density at radius 3 is 2.40 bits per heavy atom. The SMILES string of the molecule is COC(=O)c1ccc(N/N=C(\N=Nc2nc3ccccc3o2)c2ccccc2)cc1. The van der Waals surface area contributed by atoms with Crippen LogP contribution in [0.5, 0.6) is 0 Å². The summed E-state index contributed by atoms with van der Waals surface area (Å²) in [6.07, 6.45) is 0. The zero-order chi connectivity index (χ0) is 20.8. The van der Waals surface area contributed by atoms with Crippen LogP contribution in [-0.4, -0.2) is 23.9 Å². The summed E-state index contributed by atoms with van der Waals surface area (Å²) in [7, 11) is 1.34. The van der Waals surface area contributed by atoms with E-state index in [1.165, 1.54) is 7.11 Å². The first-order valence-electron chi connectivity index (χ1n) is 9.08. The fourth-order valence-electron chi connectivity index (χ4n) is 2.64. The van der Waals surface area contributed by atoms with Crippen LogP contribution < -0.4 is 5.43 Å². The summed E-state index contributed by atoms with van der Waals surface area (Å²) in [5.74, 6) is -0.0583. The summed E-state index contributed by atoms with van der Waals surface area (Å²) in [4.78, 5) is 15.8. The summed E-state index contributed by atoms with van der Waals surface area (Å²) < 4.78 is 10.3. The van der Waals surface area contributed by atoms with E-state index >= 15 is 0 Å². The normalized spacial score (nSPS) is 11.7. The van der Waals surface area contributed by atoms with Crippen LogP contribution in [-0.2, 0) is 4.74 Å². The Bertz CT molecular complexity index is 1180. The van der Waals surface area contributed by atoms with Crippen LogP contribution in [0.15, 0.2) is 98.6 Å². The summed E-state index contributed by atoms with van der Waals surface area (Å²) in [6, 6.07) is 23.6. The standard InChI is InChI=1S/C22H17N5O3/c1-29-21(28)16-11-13-17(14-12-16)24-25-20(15-7-3-2-4-8-15)26-27-22-23-18-9-5-6-10-19(18)30-22/h2-14,24H,1H3/b25-20-,27-26?. The molecule has 4 rings (SSSR count). The molecule has 0 radical (unpaired) electrons. The van der Waals surface area contributed by atoms with Crippen LogP contribution >= 0.6 is 0 Å². The van der Waals surface area contributed by atoms with Crippen molar-refractivity contribution in [1.82, 2.24) is 4.98 Å². The van der Waals surface area contributed by atoms with Crippen molar-refractivity contribution in [3.8, 4) is 0 Å². The van der Waals surface area contributed by atoms with Crippen molar-refractivity contribution in [2.24, 2.45) is 15.3 Å². The number of hydrazone groups is 1. The van der Waals surface area contributed by atoms with E-state index in [9.17, 15) is 4.79 Å². The highest BCUT2D eigenvalue weighted by Gasteiger charge is 2.07. The van der Waals surface area contributed by atoms with Crippen LogP contribution in [0.2, 0.25) is 0 Å². The number of carbonyl (C=O) groups excluding carboxylic acids is 1. The monoisotopic (exact) mass is 399 g/mol. The van der Waals surface area contributed by atoms with Crippen molar-refractivity contribution in [2.75, 3.05) is 12.5 Å². The second-order valence-electron chi connectivity index (χ2n) is 6.15. The molecule has 0 aliphatic heterocycles. The van der Waals surface area contributed by atoms with Gasteiger partial charge in [0.15, 0.2) is 5.58 Å². The number of oxazole rings is 1. The second-order valence-corrected chi connectivity index (χ2v) is 6.15. The molecule has 0 unspecified atom stereocenters. The number of esters is 1. The van der Waals surface area contributed by atoms with Crippen molar-refractivity contribution in [3.05, 3.63) is 90.0 Å². The van der Waals surface area contributed by atoms with Gasteiger partial charge in [-0.3, -0.25) is 5.43 Å². The predicted octanol–water partition coefficient (Wildman–Crippen LogP) is 5.17. The van der Waals surface area contributed by atoms with Crippen LogP contribution in [0.25, 0.3) is 11.1 Å². The average Bonchev–Trinajstić information content (AvgIpc) is 3.22. The number of hydrogen-bond acceptors (Lipinski definition) is 7. The molecule has 4 aromatic rings. The molecule has 1 N–H and O–H groups in total. The van der Waals surface area contributed by atoms with Gasteiger partial charge in [-0.2, -0.15) is 10.1 Å². The number of methoxy groups -OCH3 is 1. The van der Waals surface area contributed by atoms with Crippen molar-refractivity contribution < 1.29 is 13.9 Å². The number of nitrogens with one attached hydrogen (secondary N) is 1. The number of fused-ring (bicyclic) bond motifs is 1. The van der Waals surface area contributed by atoms with Gasteiger partial charge < -0.3 is 9.15 Å². The smallest absolute Gasteiger partial charge is 0.342 e. The summed E-state index contributed by atoms with van der Waals surface area (Å²) >= 11 is 0. The molecule has 1 aromatic heterocycles. The van der Waals surface area contributed by atoms with Gasteiger partial charge in [-0.25, -0.2) is 4.79 Å². The molecule has 0 saturated heterocycles. The van der Waals surface area contributed by atoms with E-state index in [4.69, 9.17) is 9.15 Å². The molecule has 8 nitrogen and oxygen atoms in total. The molecule has 0 spiro atoms. The number of hydrogen-bond donors (Lipinski definition) is 1. The first kappa shape index (κ1) is 19.0. The molecule has 0 atom stereocenters.